The third kappa shape index (κ3) is 2.84. The van der Waals surface area contributed by atoms with Gasteiger partial charge in [0.2, 0.25) is 0 Å². The monoisotopic (exact) mass is 210 g/mol. The van der Waals surface area contributed by atoms with E-state index in [-0.39, 0.29) is 0 Å². The van der Waals surface area contributed by atoms with Crippen LogP contribution in [-0.4, -0.2) is 55.0 Å². The van der Waals surface area contributed by atoms with E-state index in [4.69, 9.17) is 5.73 Å². The molecule has 1 aliphatic carbocycles. The fourth-order valence-electron chi connectivity index (χ4n) is 2.05. The van der Waals surface area contributed by atoms with Crippen molar-refractivity contribution in [3.63, 3.8) is 0 Å². The molecule has 2 rings (SSSR count). The number of aliphatic imine (C=N–C) groups is 1. The first-order valence-corrected chi connectivity index (χ1v) is 5.91. The minimum atomic E-state index is 0.527. The van der Waals surface area contributed by atoms with Crippen molar-refractivity contribution in [2.75, 3.05) is 27.2 Å². The molecule has 0 aromatic carbocycles. The molecular formula is C11H22N4. The number of guanidine groups is 1. The van der Waals surface area contributed by atoms with Crippen molar-refractivity contribution in [2.45, 2.75) is 37.8 Å². The molecule has 1 aliphatic heterocycles. The van der Waals surface area contributed by atoms with Crippen LogP contribution < -0.4 is 5.73 Å². The van der Waals surface area contributed by atoms with E-state index < -0.39 is 0 Å². The van der Waals surface area contributed by atoms with E-state index in [1.54, 1.807) is 0 Å². The second-order valence-electron chi connectivity index (χ2n) is 4.86. The fourth-order valence-corrected chi connectivity index (χ4v) is 2.05. The molecule has 0 bridgehead atoms. The summed E-state index contributed by atoms with van der Waals surface area (Å²) in [6.45, 7) is 2.34. The Balaban J connectivity index is 1.86. The second-order valence-corrected chi connectivity index (χ2v) is 4.86. The molecule has 4 nitrogen and oxygen atoms in total. The highest BCUT2D eigenvalue weighted by Gasteiger charge is 2.25. The lowest BCUT2D eigenvalue weighted by Crippen LogP contribution is -2.47. The molecule has 2 aliphatic rings. The van der Waals surface area contributed by atoms with E-state index in [0.29, 0.717) is 12.1 Å². The molecule has 15 heavy (non-hydrogen) atoms. The van der Waals surface area contributed by atoms with Crippen LogP contribution in [0.1, 0.15) is 25.7 Å². The Morgan fingerprint density at radius 2 is 1.87 bits per heavy atom. The van der Waals surface area contributed by atoms with Crippen LogP contribution in [0.15, 0.2) is 4.99 Å². The van der Waals surface area contributed by atoms with Crippen LogP contribution in [0.2, 0.25) is 0 Å². The Morgan fingerprint density at radius 3 is 2.40 bits per heavy atom. The Morgan fingerprint density at radius 1 is 1.27 bits per heavy atom. The number of hydrogen-bond donors (Lipinski definition) is 1. The maximum Gasteiger partial charge on any atom is 0.191 e. The minimum absolute atomic E-state index is 0.527. The largest absolute Gasteiger partial charge is 0.370 e. The van der Waals surface area contributed by atoms with E-state index in [0.717, 1.165) is 5.96 Å². The van der Waals surface area contributed by atoms with Gasteiger partial charge in [-0.1, -0.05) is 0 Å². The zero-order valence-electron chi connectivity index (χ0n) is 9.82. The first-order chi connectivity index (χ1) is 7.16. The molecule has 1 heterocycles. The van der Waals surface area contributed by atoms with Crippen molar-refractivity contribution >= 4 is 5.96 Å². The second kappa shape index (κ2) is 4.39. The molecule has 1 saturated heterocycles. The number of likely N-dealkylation sites (tertiary alicyclic amines) is 1. The van der Waals surface area contributed by atoms with Crippen molar-refractivity contribution < 1.29 is 0 Å². The summed E-state index contributed by atoms with van der Waals surface area (Å²) in [5.74, 6) is 0.743. The quantitative estimate of drug-likeness (QED) is 0.533. The number of hydrogen-bond acceptors (Lipinski definition) is 2. The summed E-state index contributed by atoms with van der Waals surface area (Å²) in [4.78, 5) is 9.03. The Labute approximate surface area is 92.1 Å². The molecule has 0 unspecified atom stereocenters. The van der Waals surface area contributed by atoms with Crippen LogP contribution in [0, 0.1) is 0 Å². The molecule has 1 saturated carbocycles. The first kappa shape index (κ1) is 10.7. The predicted octanol–water partition coefficient (Wildman–Crippen LogP) is 0.490. The van der Waals surface area contributed by atoms with Crippen molar-refractivity contribution in [2.24, 2.45) is 10.7 Å². The van der Waals surface area contributed by atoms with Crippen molar-refractivity contribution in [1.29, 1.82) is 0 Å². The summed E-state index contributed by atoms with van der Waals surface area (Å²) >= 11 is 0. The number of rotatable bonds is 2. The minimum Gasteiger partial charge on any atom is -0.370 e. The van der Waals surface area contributed by atoms with Gasteiger partial charge < -0.3 is 15.5 Å². The molecule has 0 atom stereocenters. The van der Waals surface area contributed by atoms with Crippen LogP contribution in [0.5, 0.6) is 0 Å². The SMILES string of the molecule is CN1CCC(N(C)C(N)=NC2CC2)CC1. The zero-order chi connectivity index (χ0) is 10.8. The summed E-state index contributed by atoms with van der Waals surface area (Å²) < 4.78 is 0. The summed E-state index contributed by atoms with van der Waals surface area (Å²) in [6.07, 6.45) is 4.85. The summed E-state index contributed by atoms with van der Waals surface area (Å²) in [5, 5.41) is 0. The molecular weight excluding hydrogens is 188 g/mol. The number of piperidine rings is 1. The lowest BCUT2D eigenvalue weighted by molar-refractivity contribution is 0.191. The molecule has 0 amide bonds. The Bertz CT molecular complexity index is 239. The molecule has 0 radical (unpaired) electrons. The zero-order valence-corrected chi connectivity index (χ0v) is 9.82. The predicted molar refractivity (Wildman–Crippen MR) is 62.9 cm³/mol. The standard InChI is InChI=1S/C11H22N4/c1-14-7-5-10(6-8-14)15(2)11(12)13-9-3-4-9/h9-10H,3-8H2,1-2H3,(H2,12,13). The van der Waals surface area contributed by atoms with Gasteiger partial charge in [-0.3, -0.25) is 0 Å². The maximum absolute atomic E-state index is 5.99. The average Bonchev–Trinajstić information content (AvgIpc) is 3.02. The van der Waals surface area contributed by atoms with Crippen LogP contribution >= 0.6 is 0 Å². The van der Waals surface area contributed by atoms with Crippen molar-refractivity contribution in [3.05, 3.63) is 0 Å². The van der Waals surface area contributed by atoms with E-state index in [1.165, 1.54) is 38.8 Å². The topological polar surface area (TPSA) is 44.9 Å². The molecule has 2 fully saturated rings. The maximum atomic E-state index is 5.99. The van der Waals surface area contributed by atoms with Gasteiger partial charge >= 0.3 is 0 Å². The van der Waals surface area contributed by atoms with E-state index in [1.807, 2.05) is 0 Å². The van der Waals surface area contributed by atoms with Gasteiger partial charge in [0.05, 0.1) is 6.04 Å². The van der Waals surface area contributed by atoms with Gasteiger partial charge in [-0.15, -0.1) is 0 Å². The lowest BCUT2D eigenvalue weighted by atomic mass is 10.0. The van der Waals surface area contributed by atoms with Crippen LogP contribution in [0.3, 0.4) is 0 Å². The van der Waals surface area contributed by atoms with Crippen LogP contribution in [0.25, 0.3) is 0 Å². The van der Waals surface area contributed by atoms with E-state index in [9.17, 15) is 0 Å². The average molecular weight is 210 g/mol. The van der Waals surface area contributed by atoms with Crippen molar-refractivity contribution in [1.82, 2.24) is 9.80 Å². The molecule has 0 aromatic heterocycles. The molecule has 0 aromatic rings. The van der Waals surface area contributed by atoms with Crippen molar-refractivity contribution in [3.8, 4) is 0 Å². The van der Waals surface area contributed by atoms with Gasteiger partial charge in [0.1, 0.15) is 0 Å². The van der Waals surface area contributed by atoms with E-state index >= 15 is 0 Å². The summed E-state index contributed by atoms with van der Waals surface area (Å²) in [6, 6.07) is 1.11. The summed E-state index contributed by atoms with van der Waals surface area (Å²) in [7, 11) is 4.26. The molecule has 86 valence electrons. The highest BCUT2D eigenvalue weighted by Crippen LogP contribution is 2.24. The van der Waals surface area contributed by atoms with Gasteiger partial charge in [0.15, 0.2) is 5.96 Å². The third-order valence-electron chi connectivity index (χ3n) is 3.46. The smallest absolute Gasteiger partial charge is 0.191 e. The fraction of sp³-hybridized carbons (Fsp3) is 0.909. The first-order valence-electron chi connectivity index (χ1n) is 5.91. The molecule has 0 spiro atoms. The van der Waals surface area contributed by atoms with Gasteiger partial charge in [-0.25, -0.2) is 4.99 Å². The van der Waals surface area contributed by atoms with Crippen LogP contribution in [-0.2, 0) is 0 Å². The number of nitrogens with two attached hydrogens (primary N) is 1. The number of nitrogens with zero attached hydrogens (tertiary/aromatic N) is 3. The van der Waals surface area contributed by atoms with Crippen LogP contribution in [0.4, 0.5) is 0 Å². The van der Waals surface area contributed by atoms with Gasteiger partial charge in [-0.05, 0) is 45.8 Å². The van der Waals surface area contributed by atoms with Gasteiger partial charge in [-0.2, -0.15) is 0 Å². The van der Waals surface area contributed by atoms with E-state index in [2.05, 4.69) is 28.9 Å². The lowest BCUT2D eigenvalue weighted by Gasteiger charge is -2.35. The molecule has 4 heteroatoms. The molecule has 2 N–H and O–H groups in total. The third-order valence-corrected chi connectivity index (χ3v) is 3.46. The highest BCUT2D eigenvalue weighted by atomic mass is 15.3. The summed E-state index contributed by atoms with van der Waals surface area (Å²) in [5.41, 5.74) is 5.99. The Kier molecular flexibility index (Phi) is 3.14. The van der Waals surface area contributed by atoms with Gasteiger partial charge in [0.25, 0.3) is 0 Å². The Hall–Kier alpha value is -0.770. The normalized spacial score (nSPS) is 25.6. The highest BCUT2D eigenvalue weighted by molar-refractivity contribution is 5.78. The van der Waals surface area contributed by atoms with Gasteiger partial charge in [0, 0.05) is 13.1 Å².